The summed E-state index contributed by atoms with van der Waals surface area (Å²) in [6, 6.07) is 0. The minimum Gasteiger partial charge on any atom is -0.352 e. The average molecular weight is 221 g/mol. The van der Waals surface area contributed by atoms with E-state index in [-0.39, 0.29) is 11.3 Å². The summed E-state index contributed by atoms with van der Waals surface area (Å²) in [5, 5.41) is 2.94. The first-order chi connectivity index (χ1) is 7.69. The Morgan fingerprint density at radius 2 is 1.81 bits per heavy atom. The van der Waals surface area contributed by atoms with Gasteiger partial charge in [0, 0.05) is 12.0 Å². The standard InChI is InChI=1S/C14H23NO/c1-3-4-5-6-7-8-9-12-15-13(16)14(2)10-11-14/h4-5,8-9H,3,6-7,10-12H2,1-2H3,(H,15,16). The molecule has 0 aromatic heterocycles. The number of amides is 1. The molecule has 0 radical (unpaired) electrons. The minimum atomic E-state index is -0.0439. The molecule has 2 nitrogen and oxygen atoms in total. The Morgan fingerprint density at radius 1 is 1.19 bits per heavy atom. The van der Waals surface area contributed by atoms with Crippen LogP contribution in [-0.2, 0) is 4.79 Å². The number of carbonyl (C=O) groups excluding carboxylic acids is 1. The zero-order chi connectivity index (χ0) is 11.9. The molecule has 0 heterocycles. The van der Waals surface area contributed by atoms with E-state index in [1.165, 1.54) is 0 Å². The van der Waals surface area contributed by atoms with Gasteiger partial charge in [0.25, 0.3) is 0 Å². The normalized spacial score (nSPS) is 18.1. The van der Waals surface area contributed by atoms with Crippen LogP contribution in [0.1, 0.15) is 46.0 Å². The van der Waals surface area contributed by atoms with Gasteiger partial charge >= 0.3 is 0 Å². The molecule has 0 spiro atoms. The summed E-state index contributed by atoms with van der Waals surface area (Å²) in [6.45, 7) is 4.84. The van der Waals surface area contributed by atoms with Gasteiger partial charge in [0.05, 0.1) is 0 Å². The third kappa shape index (κ3) is 4.65. The smallest absolute Gasteiger partial charge is 0.226 e. The summed E-state index contributed by atoms with van der Waals surface area (Å²) in [5.74, 6) is 0.211. The fourth-order valence-electron chi connectivity index (χ4n) is 1.46. The number of carbonyl (C=O) groups is 1. The van der Waals surface area contributed by atoms with Crippen LogP contribution in [0.2, 0.25) is 0 Å². The van der Waals surface area contributed by atoms with E-state index in [2.05, 4.69) is 30.5 Å². The molecule has 90 valence electrons. The van der Waals surface area contributed by atoms with Crippen LogP contribution in [0.5, 0.6) is 0 Å². The van der Waals surface area contributed by atoms with E-state index in [0.29, 0.717) is 6.54 Å². The monoisotopic (exact) mass is 221 g/mol. The molecule has 0 saturated heterocycles. The average Bonchev–Trinajstić information content (AvgIpc) is 3.01. The summed E-state index contributed by atoms with van der Waals surface area (Å²) in [4.78, 5) is 11.5. The summed E-state index contributed by atoms with van der Waals surface area (Å²) < 4.78 is 0. The molecule has 1 amide bonds. The second-order valence-corrected chi connectivity index (χ2v) is 4.70. The lowest BCUT2D eigenvalue weighted by Gasteiger charge is -2.06. The third-order valence-electron chi connectivity index (χ3n) is 3.00. The van der Waals surface area contributed by atoms with Crippen molar-refractivity contribution in [2.75, 3.05) is 6.54 Å². The van der Waals surface area contributed by atoms with Crippen molar-refractivity contribution >= 4 is 5.91 Å². The van der Waals surface area contributed by atoms with Crippen LogP contribution >= 0.6 is 0 Å². The molecule has 1 saturated carbocycles. The van der Waals surface area contributed by atoms with E-state index >= 15 is 0 Å². The number of allylic oxidation sites excluding steroid dienone is 3. The Balaban J connectivity index is 2.00. The zero-order valence-corrected chi connectivity index (χ0v) is 10.5. The molecule has 0 aromatic rings. The van der Waals surface area contributed by atoms with Crippen LogP contribution in [0.3, 0.4) is 0 Å². The first-order valence-electron chi connectivity index (χ1n) is 6.27. The van der Waals surface area contributed by atoms with E-state index in [1.807, 2.05) is 13.0 Å². The molecule has 1 aliphatic rings. The second-order valence-electron chi connectivity index (χ2n) is 4.70. The molecule has 1 rings (SSSR count). The van der Waals surface area contributed by atoms with Gasteiger partial charge in [-0.3, -0.25) is 4.79 Å². The molecular formula is C14H23NO. The van der Waals surface area contributed by atoms with E-state index < -0.39 is 0 Å². The highest BCUT2D eigenvalue weighted by atomic mass is 16.2. The molecule has 0 unspecified atom stereocenters. The molecule has 0 aliphatic heterocycles. The maximum atomic E-state index is 11.5. The fourth-order valence-corrected chi connectivity index (χ4v) is 1.46. The zero-order valence-electron chi connectivity index (χ0n) is 10.5. The molecule has 2 heteroatoms. The van der Waals surface area contributed by atoms with Gasteiger partial charge < -0.3 is 5.32 Å². The minimum absolute atomic E-state index is 0.0439. The fraction of sp³-hybridized carbons (Fsp3) is 0.643. The van der Waals surface area contributed by atoms with Crippen LogP contribution in [-0.4, -0.2) is 12.5 Å². The lowest BCUT2D eigenvalue weighted by molar-refractivity contribution is -0.125. The van der Waals surface area contributed by atoms with Gasteiger partial charge in [0.2, 0.25) is 5.91 Å². The predicted molar refractivity (Wildman–Crippen MR) is 68.2 cm³/mol. The van der Waals surface area contributed by atoms with Crippen LogP contribution in [0.15, 0.2) is 24.3 Å². The lowest BCUT2D eigenvalue weighted by Crippen LogP contribution is -2.30. The first-order valence-corrected chi connectivity index (χ1v) is 6.27. The number of rotatable bonds is 7. The van der Waals surface area contributed by atoms with Crippen molar-refractivity contribution in [3.05, 3.63) is 24.3 Å². The number of unbranched alkanes of at least 4 members (excludes halogenated alkanes) is 1. The van der Waals surface area contributed by atoms with Crippen LogP contribution in [0.25, 0.3) is 0 Å². The number of hydrogen-bond acceptors (Lipinski definition) is 1. The molecule has 16 heavy (non-hydrogen) atoms. The maximum absolute atomic E-state index is 11.5. The van der Waals surface area contributed by atoms with E-state index in [9.17, 15) is 4.79 Å². The largest absolute Gasteiger partial charge is 0.352 e. The Labute approximate surface area is 98.8 Å². The highest BCUT2D eigenvalue weighted by Gasteiger charge is 2.44. The van der Waals surface area contributed by atoms with Gasteiger partial charge in [0.1, 0.15) is 0 Å². The van der Waals surface area contributed by atoms with Crippen LogP contribution in [0, 0.1) is 5.41 Å². The van der Waals surface area contributed by atoms with Gasteiger partial charge in [-0.1, -0.05) is 38.2 Å². The summed E-state index contributed by atoms with van der Waals surface area (Å²) in [5.41, 5.74) is -0.0439. The Hall–Kier alpha value is -1.05. The number of hydrogen-bond donors (Lipinski definition) is 1. The van der Waals surface area contributed by atoms with Crippen molar-refractivity contribution < 1.29 is 4.79 Å². The Morgan fingerprint density at radius 3 is 2.38 bits per heavy atom. The molecular weight excluding hydrogens is 198 g/mol. The van der Waals surface area contributed by atoms with Crippen molar-refractivity contribution in [1.29, 1.82) is 0 Å². The van der Waals surface area contributed by atoms with Crippen molar-refractivity contribution in [1.82, 2.24) is 5.32 Å². The maximum Gasteiger partial charge on any atom is 0.226 e. The topological polar surface area (TPSA) is 29.1 Å². The quantitative estimate of drug-likeness (QED) is 0.519. The van der Waals surface area contributed by atoms with Crippen molar-refractivity contribution in [3.8, 4) is 0 Å². The molecule has 0 bridgehead atoms. The van der Waals surface area contributed by atoms with Crippen LogP contribution in [0.4, 0.5) is 0 Å². The SMILES string of the molecule is CCC=CCCC=CCNC(=O)C1(C)CC1. The van der Waals surface area contributed by atoms with Gasteiger partial charge in [-0.15, -0.1) is 0 Å². The van der Waals surface area contributed by atoms with E-state index in [4.69, 9.17) is 0 Å². The van der Waals surface area contributed by atoms with Gasteiger partial charge in [-0.05, 0) is 32.1 Å². The molecule has 1 N–H and O–H groups in total. The first kappa shape index (κ1) is 13.0. The van der Waals surface area contributed by atoms with Gasteiger partial charge in [-0.25, -0.2) is 0 Å². The van der Waals surface area contributed by atoms with Gasteiger partial charge in [-0.2, -0.15) is 0 Å². The molecule has 1 fully saturated rings. The lowest BCUT2D eigenvalue weighted by atomic mass is 10.1. The van der Waals surface area contributed by atoms with E-state index in [1.54, 1.807) is 0 Å². The summed E-state index contributed by atoms with van der Waals surface area (Å²) >= 11 is 0. The number of nitrogens with one attached hydrogen (secondary N) is 1. The summed E-state index contributed by atoms with van der Waals surface area (Å²) in [7, 11) is 0. The highest BCUT2D eigenvalue weighted by molar-refractivity contribution is 5.84. The second kappa shape index (κ2) is 6.51. The molecule has 0 aromatic carbocycles. The Kier molecular flexibility index (Phi) is 5.30. The molecule has 1 aliphatic carbocycles. The van der Waals surface area contributed by atoms with Crippen molar-refractivity contribution in [2.45, 2.75) is 46.0 Å². The molecule has 0 atom stereocenters. The highest BCUT2D eigenvalue weighted by Crippen LogP contribution is 2.44. The predicted octanol–water partition coefficient (Wildman–Crippen LogP) is 3.21. The third-order valence-corrected chi connectivity index (χ3v) is 3.00. The van der Waals surface area contributed by atoms with E-state index in [0.717, 1.165) is 32.1 Å². The van der Waals surface area contributed by atoms with Crippen molar-refractivity contribution in [2.24, 2.45) is 5.41 Å². The van der Waals surface area contributed by atoms with Crippen LogP contribution < -0.4 is 5.32 Å². The Bertz CT molecular complexity index is 274. The van der Waals surface area contributed by atoms with Crippen molar-refractivity contribution in [3.63, 3.8) is 0 Å². The summed E-state index contributed by atoms with van der Waals surface area (Å²) in [6.07, 6.45) is 13.9. The van der Waals surface area contributed by atoms with Gasteiger partial charge in [0.15, 0.2) is 0 Å².